The van der Waals surface area contributed by atoms with Crippen molar-refractivity contribution in [1.82, 2.24) is 0 Å². The lowest BCUT2D eigenvalue weighted by Gasteiger charge is -2.05. The van der Waals surface area contributed by atoms with E-state index in [9.17, 15) is 43.9 Å². The van der Waals surface area contributed by atoms with E-state index in [1.807, 2.05) is 0 Å². The van der Waals surface area contributed by atoms with Gasteiger partial charge in [-0.25, -0.2) is 43.9 Å². The average molecular weight is 570 g/mol. The van der Waals surface area contributed by atoms with Gasteiger partial charge < -0.3 is 0 Å². The molecule has 0 unspecified atom stereocenters. The van der Waals surface area contributed by atoms with Gasteiger partial charge in [0.25, 0.3) is 0 Å². The number of hydrogen-bond acceptors (Lipinski definition) is 1. The third-order valence-electron chi connectivity index (χ3n) is 5.37. The molecule has 0 saturated carbocycles. The second kappa shape index (κ2) is 11.4. The Morgan fingerprint density at radius 2 is 0.590 bits per heavy atom. The van der Waals surface area contributed by atoms with Gasteiger partial charge in [0.1, 0.15) is 0 Å². The summed E-state index contributed by atoms with van der Waals surface area (Å²) in [5.41, 5.74) is -1.31. The summed E-state index contributed by atoms with van der Waals surface area (Å²) in [4.78, 5) is 1.43. The molecule has 0 atom stereocenters. The van der Waals surface area contributed by atoms with E-state index in [2.05, 4.69) is 0 Å². The largest absolute Gasteiger partial charge is 0.203 e. The molecule has 0 amide bonds. The highest BCUT2D eigenvalue weighted by molar-refractivity contribution is 7.99. The van der Waals surface area contributed by atoms with Gasteiger partial charge in [-0.2, -0.15) is 0 Å². The molecule has 0 aliphatic rings. The first-order valence-electron chi connectivity index (χ1n) is 10.8. The molecule has 0 nitrogen and oxygen atoms in total. The van der Waals surface area contributed by atoms with Gasteiger partial charge in [-0.15, -0.1) is 0 Å². The van der Waals surface area contributed by atoms with Crippen molar-refractivity contribution in [2.75, 3.05) is 0 Å². The molecule has 4 aromatic rings. The molecule has 0 aromatic heterocycles. The van der Waals surface area contributed by atoms with Crippen molar-refractivity contribution in [1.29, 1.82) is 0 Å². The second-order valence-electron chi connectivity index (χ2n) is 7.87. The highest BCUT2D eigenvalue weighted by Crippen LogP contribution is 2.30. The van der Waals surface area contributed by atoms with Crippen LogP contribution in [-0.4, -0.2) is 0 Å². The standard InChI is InChI=1S/C28H12F10S/c29-19-17(20(30)24(34)27(37)23(19)33)11-5-13-1-7-15(8-2-13)39-16-9-3-14(4-10-16)6-12-18-21(31)25(35)28(38)26(36)22(18)32/h1-12H. The van der Waals surface area contributed by atoms with E-state index in [4.69, 9.17) is 0 Å². The van der Waals surface area contributed by atoms with Crippen LogP contribution in [0.15, 0.2) is 58.3 Å². The van der Waals surface area contributed by atoms with Gasteiger partial charge in [0.05, 0.1) is 11.1 Å². The summed E-state index contributed by atoms with van der Waals surface area (Å²) >= 11 is 1.28. The van der Waals surface area contributed by atoms with Gasteiger partial charge in [0.2, 0.25) is 11.6 Å². The summed E-state index contributed by atoms with van der Waals surface area (Å²) in [7, 11) is 0. The lowest BCUT2D eigenvalue weighted by atomic mass is 10.1. The molecule has 0 aliphatic carbocycles. The zero-order valence-electron chi connectivity index (χ0n) is 19.1. The lowest BCUT2D eigenvalue weighted by molar-refractivity contribution is 0.377. The average Bonchev–Trinajstić information content (AvgIpc) is 2.94. The molecular formula is C28H12F10S. The van der Waals surface area contributed by atoms with Crippen LogP contribution in [0.5, 0.6) is 0 Å². The smallest absolute Gasteiger partial charge is 0.200 e. The summed E-state index contributed by atoms with van der Waals surface area (Å²) < 4.78 is 135. The molecule has 200 valence electrons. The SMILES string of the molecule is Fc1c(F)c(F)c(C=Cc2ccc(Sc3ccc(C=Cc4c(F)c(F)c(F)c(F)c4F)cc3)cc2)c(F)c1F. The highest BCUT2D eigenvalue weighted by Gasteiger charge is 2.25. The molecule has 0 saturated heterocycles. The topological polar surface area (TPSA) is 0 Å². The molecule has 0 radical (unpaired) electrons. The van der Waals surface area contributed by atoms with Crippen LogP contribution in [-0.2, 0) is 0 Å². The number of rotatable bonds is 6. The zero-order valence-corrected chi connectivity index (χ0v) is 19.9. The Kier molecular flexibility index (Phi) is 8.19. The summed E-state index contributed by atoms with van der Waals surface area (Å²) in [6.07, 6.45) is 3.91. The summed E-state index contributed by atoms with van der Waals surface area (Å²) in [5, 5.41) is 0. The first-order valence-corrected chi connectivity index (χ1v) is 11.6. The third kappa shape index (κ3) is 5.73. The maximum atomic E-state index is 13.8. The second-order valence-corrected chi connectivity index (χ2v) is 9.02. The van der Waals surface area contributed by atoms with Crippen LogP contribution in [0, 0.1) is 58.2 Å². The Morgan fingerprint density at radius 1 is 0.333 bits per heavy atom. The fraction of sp³-hybridized carbons (Fsp3) is 0. The number of benzene rings is 4. The van der Waals surface area contributed by atoms with E-state index >= 15 is 0 Å². The van der Waals surface area contributed by atoms with Crippen molar-refractivity contribution in [3.8, 4) is 0 Å². The number of halogens is 10. The predicted molar refractivity (Wildman–Crippen MR) is 127 cm³/mol. The van der Waals surface area contributed by atoms with Gasteiger partial charge in [-0.1, -0.05) is 48.2 Å². The Labute approximate surface area is 218 Å². The monoisotopic (exact) mass is 570 g/mol. The Balaban J connectivity index is 1.45. The van der Waals surface area contributed by atoms with Gasteiger partial charge in [-0.05, 0) is 47.5 Å². The molecule has 0 aliphatic heterocycles. The highest BCUT2D eigenvalue weighted by atomic mass is 32.2. The summed E-state index contributed by atoms with van der Waals surface area (Å²) in [6, 6.07) is 12.7. The van der Waals surface area contributed by atoms with E-state index in [0.29, 0.717) is 20.9 Å². The fourth-order valence-electron chi connectivity index (χ4n) is 3.33. The molecule has 0 bridgehead atoms. The van der Waals surface area contributed by atoms with E-state index in [-0.39, 0.29) is 0 Å². The van der Waals surface area contributed by atoms with E-state index in [1.165, 1.54) is 23.9 Å². The minimum Gasteiger partial charge on any atom is -0.203 e. The minimum absolute atomic E-state index is 0.414. The fourth-order valence-corrected chi connectivity index (χ4v) is 4.14. The summed E-state index contributed by atoms with van der Waals surface area (Å²) in [6.45, 7) is 0. The van der Waals surface area contributed by atoms with Crippen LogP contribution in [0.2, 0.25) is 0 Å². The van der Waals surface area contributed by atoms with Crippen LogP contribution in [0.4, 0.5) is 43.9 Å². The van der Waals surface area contributed by atoms with Crippen molar-refractivity contribution in [2.45, 2.75) is 9.79 Å². The predicted octanol–water partition coefficient (Wildman–Crippen LogP) is 9.57. The van der Waals surface area contributed by atoms with Gasteiger partial charge >= 0.3 is 0 Å². The molecule has 11 heteroatoms. The maximum absolute atomic E-state index is 13.8. The Hall–Kier alpha value is -3.99. The van der Waals surface area contributed by atoms with Crippen LogP contribution in [0.1, 0.15) is 22.3 Å². The molecule has 39 heavy (non-hydrogen) atoms. The van der Waals surface area contributed by atoms with Gasteiger partial charge in [0, 0.05) is 9.79 Å². The quantitative estimate of drug-likeness (QED) is 0.0963. The molecule has 0 spiro atoms. The Morgan fingerprint density at radius 3 is 0.872 bits per heavy atom. The minimum atomic E-state index is -2.24. The molecule has 0 fully saturated rings. The molecule has 4 rings (SSSR count). The lowest BCUT2D eigenvalue weighted by Crippen LogP contribution is -2.03. The van der Waals surface area contributed by atoms with Gasteiger partial charge in [-0.3, -0.25) is 0 Å². The van der Waals surface area contributed by atoms with Crippen molar-refractivity contribution in [3.63, 3.8) is 0 Å². The van der Waals surface area contributed by atoms with E-state index < -0.39 is 69.3 Å². The Bertz CT molecular complexity index is 1430. The molecule has 0 N–H and O–H groups in total. The van der Waals surface area contributed by atoms with Crippen LogP contribution in [0.3, 0.4) is 0 Å². The van der Waals surface area contributed by atoms with Crippen molar-refractivity contribution >= 4 is 36.1 Å². The molecule has 0 heterocycles. The zero-order chi connectivity index (χ0) is 28.4. The maximum Gasteiger partial charge on any atom is 0.200 e. The van der Waals surface area contributed by atoms with Crippen molar-refractivity contribution in [3.05, 3.63) is 129 Å². The summed E-state index contributed by atoms with van der Waals surface area (Å²) in [5.74, 6) is -20.4. The van der Waals surface area contributed by atoms with Crippen LogP contribution in [0.25, 0.3) is 24.3 Å². The first kappa shape index (κ1) is 28.0. The number of hydrogen-bond donors (Lipinski definition) is 0. The van der Waals surface area contributed by atoms with Crippen molar-refractivity contribution < 1.29 is 43.9 Å². The third-order valence-corrected chi connectivity index (χ3v) is 6.38. The van der Waals surface area contributed by atoms with Crippen LogP contribution >= 0.6 is 11.8 Å². The van der Waals surface area contributed by atoms with Gasteiger partial charge in [0.15, 0.2) is 46.5 Å². The van der Waals surface area contributed by atoms with Crippen LogP contribution < -0.4 is 0 Å². The van der Waals surface area contributed by atoms with Crippen molar-refractivity contribution in [2.24, 2.45) is 0 Å². The van der Waals surface area contributed by atoms with E-state index in [0.717, 1.165) is 12.2 Å². The molecule has 4 aromatic carbocycles. The normalized spacial score (nSPS) is 11.7. The first-order chi connectivity index (χ1) is 18.5. The van der Waals surface area contributed by atoms with E-state index in [1.54, 1.807) is 48.5 Å². The molecular weight excluding hydrogens is 558 g/mol.